The number of hydrogen-bond donors (Lipinski definition) is 2. The molecule has 0 spiro atoms. The molecule has 2 rings (SSSR count). The lowest BCUT2D eigenvalue weighted by Gasteiger charge is -2.13. The Morgan fingerprint density at radius 2 is 1.58 bits per heavy atom. The zero-order valence-corrected chi connectivity index (χ0v) is 14.8. The summed E-state index contributed by atoms with van der Waals surface area (Å²) in [4.78, 5) is 12.2. The Morgan fingerprint density at radius 3 is 2.12 bits per heavy atom. The van der Waals surface area contributed by atoms with Crippen LogP contribution < -0.4 is 10.6 Å². The molecule has 0 unspecified atom stereocenters. The van der Waals surface area contributed by atoms with Crippen molar-refractivity contribution in [3.8, 4) is 0 Å². The fraction of sp³-hybridized carbons (Fsp3) is 0.125. The predicted octanol–water partition coefficient (Wildman–Crippen LogP) is 2.06. The maximum absolute atomic E-state index is 12.0. The van der Waals surface area contributed by atoms with E-state index in [9.17, 15) is 13.2 Å². The summed E-state index contributed by atoms with van der Waals surface area (Å²) in [5.41, 5.74) is 1.07. The summed E-state index contributed by atoms with van der Waals surface area (Å²) < 4.78 is 25.1. The topological polar surface area (TPSA) is 78.5 Å². The monoisotopic (exact) mass is 363 g/mol. The van der Waals surface area contributed by atoms with Gasteiger partial charge in [0, 0.05) is 25.3 Å². The Morgan fingerprint density at radius 1 is 1.00 bits per heavy atom. The molecular weight excluding hydrogens is 346 g/mol. The highest BCUT2D eigenvalue weighted by molar-refractivity contribution is 7.89. The predicted molar refractivity (Wildman–Crippen MR) is 97.4 cm³/mol. The van der Waals surface area contributed by atoms with Crippen molar-refractivity contribution in [2.45, 2.75) is 4.90 Å². The Hall–Kier alpha value is -2.29. The van der Waals surface area contributed by atoms with Gasteiger partial charge in [-0.1, -0.05) is 18.2 Å². The minimum absolute atomic E-state index is 0.132. The van der Waals surface area contributed by atoms with E-state index in [1.165, 1.54) is 26.2 Å². The largest absolute Gasteiger partial charge is 0.332 e. The van der Waals surface area contributed by atoms with Crippen LogP contribution in [-0.4, -0.2) is 37.8 Å². The van der Waals surface area contributed by atoms with Gasteiger partial charge in [-0.2, -0.15) is 0 Å². The minimum atomic E-state index is -3.47. The van der Waals surface area contributed by atoms with Crippen molar-refractivity contribution in [2.75, 3.05) is 19.4 Å². The second-order valence-electron chi connectivity index (χ2n) is 5.09. The number of nitrogens with zero attached hydrogens (tertiary/aromatic N) is 1. The van der Waals surface area contributed by atoms with Crippen molar-refractivity contribution >= 4 is 38.9 Å². The lowest BCUT2D eigenvalue weighted by Crippen LogP contribution is -2.34. The van der Waals surface area contributed by atoms with Crippen LogP contribution >= 0.6 is 12.2 Å². The highest BCUT2D eigenvalue weighted by Gasteiger charge is 2.16. The van der Waals surface area contributed by atoms with Crippen molar-refractivity contribution in [1.29, 1.82) is 0 Å². The van der Waals surface area contributed by atoms with Crippen LogP contribution in [0.4, 0.5) is 5.69 Å². The zero-order valence-electron chi connectivity index (χ0n) is 13.2. The van der Waals surface area contributed by atoms with Gasteiger partial charge in [-0.05, 0) is 48.6 Å². The van der Waals surface area contributed by atoms with E-state index in [2.05, 4.69) is 10.6 Å². The number of amides is 1. The van der Waals surface area contributed by atoms with Crippen LogP contribution in [0.1, 0.15) is 10.4 Å². The standard InChI is InChI=1S/C16H17N3O3S2/c1-19(2)24(21,22)14-10-8-13(9-11-14)17-16(23)18-15(20)12-6-4-3-5-7-12/h3-11H,1-2H3,(H2,17,18,20,23). The molecule has 24 heavy (non-hydrogen) atoms. The highest BCUT2D eigenvalue weighted by atomic mass is 32.2. The number of thiocarbonyl (C=S) groups is 1. The normalized spacial score (nSPS) is 11.1. The van der Waals surface area contributed by atoms with E-state index in [4.69, 9.17) is 12.2 Å². The van der Waals surface area contributed by atoms with Crippen molar-refractivity contribution in [3.63, 3.8) is 0 Å². The Kier molecular flexibility index (Phi) is 5.66. The number of hydrogen-bond acceptors (Lipinski definition) is 4. The van der Waals surface area contributed by atoms with Crippen LogP contribution in [0, 0.1) is 0 Å². The van der Waals surface area contributed by atoms with Gasteiger partial charge >= 0.3 is 0 Å². The molecule has 0 atom stereocenters. The van der Waals surface area contributed by atoms with E-state index in [1.54, 1.807) is 36.4 Å². The zero-order chi connectivity index (χ0) is 17.7. The maximum atomic E-state index is 12.0. The lowest BCUT2D eigenvalue weighted by molar-refractivity contribution is 0.0977. The van der Waals surface area contributed by atoms with Crippen LogP contribution in [-0.2, 0) is 10.0 Å². The molecule has 0 saturated heterocycles. The molecule has 2 aromatic rings. The highest BCUT2D eigenvalue weighted by Crippen LogP contribution is 2.16. The van der Waals surface area contributed by atoms with Gasteiger partial charge in [-0.15, -0.1) is 0 Å². The molecule has 6 nitrogen and oxygen atoms in total. The molecule has 0 aromatic heterocycles. The number of nitrogens with one attached hydrogen (secondary N) is 2. The first kappa shape index (κ1) is 18.1. The number of anilines is 1. The summed E-state index contributed by atoms with van der Waals surface area (Å²) in [5, 5.41) is 5.54. The molecule has 0 aliphatic rings. The molecule has 0 fully saturated rings. The number of benzene rings is 2. The van der Waals surface area contributed by atoms with Crippen LogP contribution in [0.2, 0.25) is 0 Å². The first-order chi connectivity index (χ1) is 11.3. The molecule has 2 aromatic carbocycles. The summed E-state index contributed by atoms with van der Waals surface area (Å²) >= 11 is 5.09. The maximum Gasteiger partial charge on any atom is 0.257 e. The number of carbonyl (C=O) groups is 1. The summed E-state index contributed by atoms with van der Waals surface area (Å²) in [5.74, 6) is -0.320. The number of rotatable bonds is 4. The smallest absolute Gasteiger partial charge is 0.257 e. The van der Waals surface area contributed by atoms with Crippen LogP contribution in [0.5, 0.6) is 0 Å². The van der Waals surface area contributed by atoms with Gasteiger partial charge in [0.25, 0.3) is 5.91 Å². The van der Waals surface area contributed by atoms with Gasteiger partial charge in [0.15, 0.2) is 5.11 Å². The Balaban J connectivity index is 2.01. The van der Waals surface area contributed by atoms with E-state index in [-0.39, 0.29) is 15.9 Å². The molecule has 0 aliphatic carbocycles. The fourth-order valence-electron chi connectivity index (χ4n) is 1.85. The average Bonchev–Trinajstić information content (AvgIpc) is 2.56. The third kappa shape index (κ3) is 4.38. The summed E-state index contributed by atoms with van der Waals surface area (Å²) in [7, 11) is -0.538. The molecule has 0 heterocycles. The van der Waals surface area contributed by atoms with Crippen molar-refractivity contribution < 1.29 is 13.2 Å². The summed E-state index contributed by atoms with van der Waals surface area (Å²) in [6, 6.07) is 14.8. The quantitative estimate of drug-likeness (QED) is 0.813. The third-order valence-electron chi connectivity index (χ3n) is 3.15. The lowest BCUT2D eigenvalue weighted by atomic mass is 10.2. The van der Waals surface area contributed by atoms with Crippen molar-refractivity contribution in [2.24, 2.45) is 0 Å². The van der Waals surface area contributed by atoms with E-state index in [0.29, 0.717) is 11.3 Å². The molecule has 0 saturated carbocycles. The van der Waals surface area contributed by atoms with Gasteiger partial charge in [0.2, 0.25) is 10.0 Å². The SMILES string of the molecule is CN(C)S(=O)(=O)c1ccc(NC(=S)NC(=O)c2ccccc2)cc1. The molecule has 8 heteroatoms. The number of carbonyl (C=O) groups excluding carboxylic acids is 1. The Labute approximate surface area is 146 Å². The second-order valence-corrected chi connectivity index (χ2v) is 7.65. The molecule has 0 aliphatic heterocycles. The molecule has 0 bridgehead atoms. The summed E-state index contributed by atoms with van der Waals surface area (Å²) in [6.45, 7) is 0. The average molecular weight is 363 g/mol. The summed E-state index contributed by atoms with van der Waals surface area (Å²) in [6.07, 6.45) is 0. The van der Waals surface area contributed by atoms with E-state index in [1.807, 2.05) is 6.07 Å². The van der Waals surface area contributed by atoms with E-state index >= 15 is 0 Å². The molecule has 0 radical (unpaired) electrons. The second kappa shape index (κ2) is 7.52. The van der Waals surface area contributed by atoms with Gasteiger partial charge in [-0.3, -0.25) is 10.1 Å². The molecular formula is C16H17N3O3S2. The molecule has 1 amide bonds. The van der Waals surface area contributed by atoms with Gasteiger partial charge < -0.3 is 5.32 Å². The van der Waals surface area contributed by atoms with E-state index in [0.717, 1.165) is 4.31 Å². The first-order valence-corrected chi connectivity index (χ1v) is 8.85. The first-order valence-electron chi connectivity index (χ1n) is 7.00. The minimum Gasteiger partial charge on any atom is -0.332 e. The van der Waals surface area contributed by atoms with Crippen LogP contribution in [0.15, 0.2) is 59.5 Å². The van der Waals surface area contributed by atoms with Crippen LogP contribution in [0.3, 0.4) is 0 Å². The van der Waals surface area contributed by atoms with Crippen molar-refractivity contribution in [3.05, 3.63) is 60.2 Å². The Bertz CT molecular complexity index is 833. The third-order valence-corrected chi connectivity index (χ3v) is 5.19. The molecule has 2 N–H and O–H groups in total. The van der Waals surface area contributed by atoms with E-state index < -0.39 is 10.0 Å². The van der Waals surface area contributed by atoms with Gasteiger partial charge in [0.1, 0.15) is 0 Å². The number of sulfonamides is 1. The van der Waals surface area contributed by atoms with Gasteiger partial charge in [0.05, 0.1) is 4.90 Å². The van der Waals surface area contributed by atoms with Gasteiger partial charge in [-0.25, -0.2) is 12.7 Å². The van der Waals surface area contributed by atoms with Crippen molar-refractivity contribution in [1.82, 2.24) is 9.62 Å². The molecule has 126 valence electrons. The van der Waals surface area contributed by atoms with Crippen LogP contribution in [0.25, 0.3) is 0 Å². The fourth-order valence-corrected chi connectivity index (χ4v) is 2.96.